The number of nitrogens with one attached hydrogen (secondary N) is 1. The van der Waals surface area contributed by atoms with E-state index in [0.717, 1.165) is 19.4 Å². The molecule has 1 N–H and O–H groups in total. The van der Waals surface area contributed by atoms with E-state index in [2.05, 4.69) is 19.2 Å². The van der Waals surface area contributed by atoms with Gasteiger partial charge in [0.05, 0.1) is 7.11 Å². The Bertz CT molecular complexity index is 176. The molecule has 1 fully saturated rings. The monoisotopic (exact) mass is 185 g/mol. The molecule has 0 bridgehead atoms. The normalized spacial score (nSPS) is 18.8. The molecule has 0 amide bonds. The van der Waals surface area contributed by atoms with Gasteiger partial charge in [-0.2, -0.15) is 0 Å². The molecular weight excluding hydrogens is 166 g/mol. The highest BCUT2D eigenvalue weighted by molar-refractivity contribution is 5.76. The summed E-state index contributed by atoms with van der Waals surface area (Å²) in [5, 5.41) is 3.26. The van der Waals surface area contributed by atoms with Crippen molar-refractivity contribution < 1.29 is 9.53 Å². The molecule has 76 valence electrons. The van der Waals surface area contributed by atoms with Crippen LogP contribution in [0.3, 0.4) is 0 Å². The zero-order valence-electron chi connectivity index (χ0n) is 8.67. The Morgan fingerprint density at radius 2 is 2.15 bits per heavy atom. The summed E-state index contributed by atoms with van der Waals surface area (Å²) < 4.78 is 4.74. The topological polar surface area (TPSA) is 38.3 Å². The van der Waals surface area contributed by atoms with Crippen LogP contribution in [-0.2, 0) is 9.53 Å². The maximum absolute atomic E-state index is 11.3. The molecule has 0 radical (unpaired) electrons. The lowest BCUT2D eigenvalue weighted by Crippen LogP contribution is -2.41. The molecule has 1 aliphatic rings. The average Bonchev–Trinajstić information content (AvgIpc) is 2.87. The molecule has 3 heteroatoms. The van der Waals surface area contributed by atoms with Crippen LogP contribution in [0.25, 0.3) is 0 Å². The van der Waals surface area contributed by atoms with Crippen molar-refractivity contribution in [3.8, 4) is 0 Å². The quantitative estimate of drug-likeness (QED) is 0.654. The summed E-state index contributed by atoms with van der Waals surface area (Å²) in [6.45, 7) is 5.15. The predicted molar refractivity (Wildman–Crippen MR) is 51.4 cm³/mol. The Labute approximate surface area is 79.8 Å². The highest BCUT2D eigenvalue weighted by Gasteiger charge is 2.36. The number of carbonyl (C=O) groups excluding carboxylic acids is 1. The van der Waals surface area contributed by atoms with Gasteiger partial charge in [-0.25, -0.2) is 0 Å². The van der Waals surface area contributed by atoms with Crippen molar-refractivity contribution in [2.45, 2.75) is 32.7 Å². The number of carbonyl (C=O) groups is 1. The van der Waals surface area contributed by atoms with E-state index < -0.39 is 0 Å². The van der Waals surface area contributed by atoms with E-state index in [9.17, 15) is 4.79 Å². The van der Waals surface area contributed by atoms with Crippen LogP contribution >= 0.6 is 0 Å². The molecule has 1 rings (SSSR count). The number of rotatable bonds is 5. The van der Waals surface area contributed by atoms with Crippen LogP contribution < -0.4 is 5.32 Å². The second kappa shape index (κ2) is 4.61. The van der Waals surface area contributed by atoms with E-state index in [1.807, 2.05) is 0 Å². The van der Waals surface area contributed by atoms with Gasteiger partial charge >= 0.3 is 5.97 Å². The summed E-state index contributed by atoms with van der Waals surface area (Å²) in [5.74, 6) is 0.986. The smallest absolute Gasteiger partial charge is 0.323 e. The summed E-state index contributed by atoms with van der Waals surface area (Å²) in [6, 6.07) is -0.0626. The number of esters is 1. The lowest BCUT2D eigenvalue weighted by Gasteiger charge is -2.16. The highest BCUT2D eigenvalue weighted by atomic mass is 16.5. The minimum Gasteiger partial charge on any atom is -0.468 e. The summed E-state index contributed by atoms with van der Waals surface area (Å²) >= 11 is 0. The standard InChI is InChI=1S/C10H19NO2/c1-7(2)6-11-9(8-4-5-8)10(12)13-3/h7-9,11H,4-6H2,1-3H3. The van der Waals surface area contributed by atoms with Crippen molar-refractivity contribution >= 4 is 5.97 Å². The maximum Gasteiger partial charge on any atom is 0.323 e. The van der Waals surface area contributed by atoms with Gasteiger partial charge in [-0.1, -0.05) is 13.8 Å². The molecule has 0 spiro atoms. The number of hydrogen-bond acceptors (Lipinski definition) is 3. The Morgan fingerprint density at radius 3 is 2.54 bits per heavy atom. The van der Waals surface area contributed by atoms with Crippen LogP contribution in [-0.4, -0.2) is 25.7 Å². The molecule has 0 aromatic carbocycles. The third-order valence-corrected chi connectivity index (χ3v) is 2.29. The SMILES string of the molecule is COC(=O)C(NCC(C)C)C1CC1. The van der Waals surface area contributed by atoms with Crippen molar-refractivity contribution in [1.82, 2.24) is 5.32 Å². The van der Waals surface area contributed by atoms with E-state index in [4.69, 9.17) is 4.74 Å². The molecule has 1 aliphatic carbocycles. The van der Waals surface area contributed by atoms with E-state index in [1.54, 1.807) is 0 Å². The predicted octanol–water partition coefficient (Wildman–Crippen LogP) is 1.18. The lowest BCUT2D eigenvalue weighted by molar-refractivity contribution is -0.143. The number of hydrogen-bond donors (Lipinski definition) is 1. The van der Waals surface area contributed by atoms with Crippen LogP contribution in [0.15, 0.2) is 0 Å². The second-order valence-corrected chi connectivity index (χ2v) is 4.14. The molecule has 3 nitrogen and oxygen atoms in total. The Hall–Kier alpha value is -0.570. The number of methoxy groups -OCH3 is 1. The van der Waals surface area contributed by atoms with Gasteiger partial charge in [0.15, 0.2) is 0 Å². The molecule has 0 aromatic rings. The molecule has 1 unspecified atom stereocenters. The summed E-state index contributed by atoms with van der Waals surface area (Å²) in [7, 11) is 1.45. The minimum absolute atomic E-state index is 0.0626. The van der Waals surface area contributed by atoms with Crippen LogP contribution in [0.1, 0.15) is 26.7 Å². The van der Waals surface area contributed by atoms with Gasteiger partial charge in [0, 0.05) is 0 Å². The molecule has 13 heavy (non-hydrogen) atoms. The zero-order valence-corrected chi connectivity index (χ0v) is 8.67. The average molecular weight is 185 g/mol. The summed E-state index contributed by atoms with van der Waals surface area (Å²) in [4.78, 5) is 11.3. The Kier molecular flexibility index (Phi) is 3.72. The van der Waals surface area contributed by atoms with E-state index in [0.29, 0.717) is 11.8 Å². The molecule has 0 aliphatic heterocycles. The van der Waals surface area contributed by atoms with Crippen molar-refractivity contribution in [2.24, 2.45) is 11.8 Å². The van der Waals surface area contributed by atoms with E-state index >= 15 is 0 Å². The molecular formula is C10H19NO2. The minimum atomic E-state index is -0.108. The van der Waals surface area contributed by atoms with Crippen LogP contribution in [0, 0.1) is 11.8 Å². The molecule has 0 aromatic heterocycles. The first-order valence-corrected chi connectivity index (χ1v) is 4.96. The zero-order chi connectivity index (χ0) is 9.84. The van der Waals surface area contributed by atoms with Crippen molar-refractivity contribution in [3.05, 3.63) is 0 Å². The fraction of sp³-hybridized carbons (Fsp3) is 0.900. The maximum atomic E-state index is 11.3. The largest absolute Gasteiger partial charge is 0.468 e. The second-order valence-electron chi connectivity index (χ2n) is 4.14. The molecule has 1 saturated carbocycles. The fourth-order valence-electron chi connectivity index (χ4n) is 1.36. The highest BCUT2D eigenvalue weighted by Crippen LogP contribution is 2.33. The lowest BCUT2D eigenvalue weighted by atomic mass is 10.1. The third-order valence-electron chi connectivity index (χ3n) is 2.29. The Balaban J connectivity index is 2.33. The summed E-state index contributed by atoms with van der Waals surface area (Å²) in [5.41, 5.74) is 0. The molecule has 0 heterocycles. The van der Waals surface area contributed by atoms with E-state index in [1.165, 1.54) is 7.11 Å². The third kappa shape index (κ3) is 3.35. The first-order chi connectivity index (χ1) is 6.15. The van der Waals surface area contributed by atoms with Crippen LogP contribution in [0.5, 0.6) is 0 Å². The van der Waals surface area contributed by atoms with Gasteiger partial charge in [0.25, 0.3) is 0 Å². The van der Waals surface area contributed by atoms with Crippen LogP contribution in [0.2, 0.25) is 0 Å². The van der Waals surface area contributed by atoms with Crippen molar-refractivity contribution in [1.29, 1.82) is 0 Å². The van der Waals surface area contributed by atoms with Gasteiger partial charge in [-0.05, 0) is 31.2 Å². The van der Waals surface area contributed by atoms with Crippen molar-refractivity contribution in [2.75, 3.05) is 13.7 Å². The van der Waals surface area contributed by atoms with Gasteiger partial charge in [0.2, 0.25) is 0 Å². The Morgan fingerprint density at radius 1 is 1.54 bits per heavy atom. The van der Waals surface area contributed by atoms with Crippen molar-refractivity contribution in [3.63, 3.8) is 0 Å². The van der Waals surface area contributed by atoms with Gasteiger partial charge < -0.3 is 10.1 Å². The van der Waals surface area contributed by atoms with E-state index in [-0.39, 0.29) is 12.0 Å². The van der Waals surface area contributed by atoms with Gasteiger partial charge in [0.1, 0.15) is 6.04 Å². The van der Waals surface area contributed by atoms with Gasteiger partial charge in [-0.3, -0.25) is 4.79 Å². The first kappa shape index (κ1) is 10.5. The first-order valence-electron chi connectivity index (χ1n) is 4.96. The fourth-order valence-corrected chi connectivity index (χ4v) is 1.36. The molecule has 1 atom stereocenters. The summed E-state index contributed by atoms with van der Waals surface area (Å²) in [6.07, 6.45) is 2.32. The number of ether oxygens (including phenoxy) is 1. The van der Waals surface area contributed by atoms with Crippen LogP contribution in [0.4, 0.5) is 0 Å². The molecule has 0 saturated heterocycles. The van der Waals surface area contributed by atoms with Gasteiger partial charge in [-0.15, -0.1) is 0 Å².